The Morgan fingerprint density at radius 1 is 1.33 bits per heavy atom. The largest absolute Gasteiger partial charge is 0.357 e. The molecular formula is C19H25FIN5O. The summed E-state index contributed by atoms with van der Waals surface area (Å²) in [7, 11) is 0. The van der Waals surface area contributed by atoms with Gasteiger partial charge in [-0.3, -0.25) is 9.78 Å². The average molecular weight is 485 g/mol. The number of rotatable bonds is 6. The van der Waals surface area contributed by atoms with Gasteiger partial charge in [-0.2, -0.15) is 0 Å². The van der Waals surface area contributed by atoms with E-state index in [-0.39, 0.29) is 48.3 Å². The van der Waals surface area contributed by atoms with Crippen molar-refractivity contribution in [3.63, 3.8) is 0 Å². The van der Waals surface area contributed by atoms with Gasteiger partial charge < -0.3 is 16.0 Å². The SMILES string of the molecule is CCNC(=NCC(=O)Nc1cccnc1)NC(C)c1ccc(C)c(F)c1.I. The molecule has 0 aliphatic rings. The molecule has 0 saturated carbocycles. The van der Waals surface area contributed by atoms with E-state index in [1.165, 1.54) is 6.07 Å². The molecule has 0 aliphatic heterocycles. The van der Waals surface area contributed by atoms with Crippen LogP contribution in [0.3, 0.4) is 0 Å². The highest BCUT2D eigenvalue weighted by atomic mass is 127. The highest BCUT2D eigenvalue weighted by Crippen LogP contribution is 2.16. The van der Waals surface area contributed by atoms with Crippen LogP contribution in [0.2, 0.25) is 0 Å². The quantitative estimate of drug-likeness (QED) is 0.333. The van der Waals surface area contributed by atoms with Gasteiger partial charge in [-0.25, -0.2) is 9.38 Å². The maximum Gasteiger partial charge on any atom is 0.246 e. The summed E-state index contributed by atoms with van der Waals surface area (Å²) in [5, 5.41) is 8.99. The molecule has 3 N–H and O–H groups in total. The maximum atomic E-state index is 13.8. The maximum absolute atomic E-state index is 13.8. The molecule has 146 valence electrons. The number of carbonyl (C=O) groups is 1. The van der Waals surface area contributed by atoms with Gasteiger partial charge in [0.05, 0.1) is 17.9 Å². The fraction of sp³-hybridized carbons (Fsp3) is 0.316. The van der Waals surface area contributed by atoms with Crippen molar-refractivity contribution in [3.05, 3.63) is 59.7 Å². The lowest BCUT2D eigenvalue weighted by molar-refractivity contribution is -0.114. The van der Waals surface area contributed by atoms with E-state index < -0.39 is 0 Å². The van der Waals surface area contributed by atoms with Gasteiger partial charge in [0, 0.05) is 12.7 Å². The first-order valence-electron chi connectivity index (χ1n) is 8.50. The Balaban J connectivity index is 0.00000364. The summed E-state index contributed by atoms with van der Waals surface area (Å²) in [6.07, 6.45) is 3.20. The minimum atomic E-state index is -0.246. The zero-order valence-electron chi connectivity index (χ0n) is 15.6. The van der Waals surface area contributed by atoms with Gasteiger partial charge >= 0.3 is 0 Å². The number of aliphatic imine (C=N–C) groups is 1. The van der Waals surface area contributed by atoms with Crippen molar-refractivity contribution in [2.24, 2.45) is 4.99 Å². The van der Waals surface area contributed by atoms with Crippen molar-refractivity contribution in [1.82, 2.24) is 15.6 Å². The van der Waals surface area contributed by atoms with E-state index in [2.05, 4.69) is 25.9 Å². The molecule has 6 nitrogen and oxygen atoms in total. The third-order valence-corrected chi connectivity index (χ3v) is 3.72. The summed E-state index contributed by atoms with van der Waals surface area (Å²) in [6, 6.07) is 8.46. The topological polar surface area (TPSA) is 78.4 Å². The first-order chi connectivity index (χ1) is 12.5. The summed E-state index contributed by atoms with van der Waals surface area (Å²) < 4.78 is 13.8. The number of aryl methyl sites for hydroxylation is 1. The van der Waals surface area contributed by atoms with Crippen LogP contribution in [-0.4, -0.2) is 29.9 Å². The summed E-state index contributed by atoms with van der Waals surface area (Å²) in [6.45, 7) is 6.17. The van der Waals surface area contributed by atoms with E-state index in [9.17, 15) is 9.18 Å². The second kappa shape index (κ2) is 11.5. The van der Waals surface area contributed by atoms with Crippen LogP contribution in [0.15, 0.2) is 47.7 Å². The molecule has 1 atom stereocenters. The van der Waals surface area contributed by atoms with E-state index in [0.717, 1.165) is 5.56 Å². The zero-order chi connectivity index (χ0) is 18.9. The number of benzene rings is 1. The molecule has 0 spiro atoms. The molecule has 2 aromatic rings. The Bertz CT molecular complexity index is 770. The fourth-order valence-corrected chi connectivity index (χ4v) is 2.27. The minimum Gasteiger partial charge on any atom is -0.357 e. The number of amides is 1. The number of guanidine groups is 1. The van der Waals surface area contributed by atoms with Crippen LogP contribution in [0.1, 0.15) is 31.0 Å². The molecule has 1 amide bonds. The third kappa shape index (κ3) is 7.49. The number of anilines is 1. The number of halogens is 2. The molecule has 0 radical (unpaired) electrons. The van der Waals surface area contributed by atoms with Gasteiger partial charge in [0.25, 0.3) is 0 Å². The molecule has 2 rings (SSSR count). The van der Waals surface area contributed by atoms with E-state index >= 15 is 0 Å². The Kier molecular flexibility index (Phi) is 9.70. The Morgan fingerprint density at radius 3 is 2.74 bits per heavy atom. The molecule has 1 unspecified atom stereocenters. The van der Waals surface area contributed by atoms with E-state index in [0.29, 0.717) is 23.8 Å². The predicted molar refractivity (Wildman–Crippen MR) is 117 cm³/mol. The van der Waals surface area contributed by atoms with Crippen LogP contribution in [0.25, 0.3) is 0 Å². The zero-order valence-corrected chi connectivity index (χ0v) is 18.0. The number of carbonyl (C=O) groups excluding carboxylic acids is 1. The van der Waals surface area contributed by atoms with Crippen molar-refractivity contribution in [3.8, 4) is 0 Å². The Hall–Kier alpha value is -2.23. The van der Waals surface area contributed by atoms with Crippen molar-refractivity contribution in [1.29, 1.82) is 0 Å². The molecule has 0 aliphatic carbocycles. The number of aromatic nitrogens is 1. The molecule has 0 bridgehead atoms. The number of nitrogens with zero attached hydrogens (tertiary/aromatic N) is 2. The second-order valence-corrected chi connectivity index (χ2v) is 5.86. The number of hydrogen-bond acceptors (Lipinski definition) is 3. The van der Waals surface area contributed by atoms with Gasteiger partial charge in [-0.05, 0) is 50.1 Å². The lowest BCUT2D eigenvalue weighted by Gasteiger charge is -2.18. The third-order valence-electron chi connectivity index (χ3n) is 3.72. The van der Waals surface area contributed by atoms with Crippen LogP contribution >= 0.6 is 24.0 Å². The number of hydrogen-bond donors (Lipinski definition) is 3. The standard InChI is InChI=1S/C19H24FN5O.HI/c1-4-22-19(23-12-18(26)25-16-6-5-9-21-11-16)24-14(3)15-8-7-13(2)17(20)10-15;/h5-11,14H,4,12H2,1-3H3,(H,25,26)(H2,22,23,24);1H. The highest BCUT2D eigenvalue weighted by molar-refractivity contribution is 14.0. The van der Waals surface area contributed by atoms with Gasteiger partial charge in [0.2, 0.25) is 5.91 Å². The Labute approximate surface area is 176 Å². The van der Waals surface area contributed by atoms with E-state index in [1.807, 2.05) is 19.9 Å². The van der Waals surface area contributed by atoms with Crippen LogP contribution in [-0.2, 0) is 4.79 Å². The second-order valence-electron chi connectivity index (χ2n) is 5.86. The number of pyridine rings is 1. The summed E-state index contributed by atoms with van der Waals surface area (Å²) in [5.41, 5.74) is 2.03. The monoisotopic (exact) mass is 485 g/mol. The first-order valence-corrected chi connectivity index (χ1v) is 8.50. The smallest absolute Gasteiger partial charge is 0.246 e. The molecular weight excluding hydrogens is 460 g/mol. The van der Waals surface area contributed by atoms with Crippen LogP contribution in [0.5, 0.6) is 0 Å². The molecule has 1 aromatic heterocycles. The lowest BCUT2D eigenvalue weighted by Crippen LogP contribution is -2.39. The Morgan fingerprint density at radius 2 is 2.11 bits per heavy atom. The number of nitrogens with one attached hydrogen (secondary N) is 3. The van der Waals surface area contributed by atoms with E-state index in [1.54, 1.807) is 37.5 Å². The minimum absolute atomic E-state index is 0. The normalized spacial score (nSPS) is 11.9. The van der Waals surface area contributed by atoms with Crippen LogP contribution in [0.4, 0.5) is 10.1 Å². The van der Waals surface area contributed by atoms with Crippen molar-refractivity contribution in [2.75, 3.05) is 18.4 Å². The van der Waals surface area contributed by atoms with Crippen LogP contribution < -0.4 is 16.0 Å². The lowest BCUT2D eigenvalue weighted by atomic mass is 10.1. The summed E-state index contributed by atoms with van der Waals surface area (Å²) in [5.74, 6) is 0.000458. The molecule has 1 heterocycles. The fourth-order valence-electron chi connectivity index (χ4n) is 2.27. The van der Waals surface area contributed by atoms with Crippen LogP contribution in [0, 0.1) is 12.7 Å². The van der Waals surface area contributed by atoms with Crippen molar-refractivity contribution < 1.29 is 9.18 Å². The molecule has 27 heavy (non-hydrogen) atoms. The first kappa shape index (κ1) is 22.8. The molecule has 0 fully saturated rings. The highest BCUT2D eigenvalue weighted by Gasteiger charge is 2.10. The van der Waals surface area contributed by atoms with E-state index in [4.69, 9.17) is 0 Å². The summed E-state index contributed by atoms with van der Waals surface area (Å²) in [4.78, 5) is 20.2. The van der Waals surface area contributed by atoms with Gasteiger partial charge in [-0.15, -0.1) is 24.0 Å². The van der Waals surface area contributed by atoms with Gasteiger partial charge in [-0.1, -0.05) is 12.1 Å². The van der Waals surface area contributed by atoms with Gasteiger partial charge in [0.15, 0.2) is 5.96 Å². The molecule has 1 aromatic carbocycles. The van der Waals surface area contributed by atoms with Crippen molar-refractivity contribution in [2.45, 2.75) is 26.8 Å². The van der Waals surface area contributed by atoms with Crippen molar-refractivity contribution >= 4 is 41.5 Å². The molecule has 8 heteroatoms. The summed E-state index contributed by atoms with van der Waals surface area (Å²) >= 11 is 0. The predicted octanol–water partition coefficient (Wildman–Crippen LogP) is 3.40. The molecule has 0 saturated heterocycles. The average Bonchev–Trinajstić information content (AvgIpc) is 2.63. The van der Waals surface area contributed by atoms with Gasteiger partial charge in [0.1, 0.15) is 12.4 Å².